The number of carbonyl (C=O) groups excluding carboxylic acids is 1. The smallest absolute Gasteiger partial charge is 0.344 e. The second kappa shape index (κ2) is 5.36. The molecule has 0 saturated heterocycles. The molecule has 100 valence electrons. The molecule has 0 saturated carbocycles. The van der Waals surface area contributed by atoms with Crippen LogP contribution in [0, 0.1) is 0 Å². The van der Waals surface area contributed by atoms with Crippen LogP contribution in [0.5, 0.6) is 5.75 Å². The average Bonchev–Trinajstić information content (AvgIpc) is 2.45. The van der Waals surface area contributed by atoms with Crippen LogP contribution in [0.3, 0.4) is 0 Å². The summed E-state index contributed by atoms with van der Waals surface area (Å²) in [6.45, 7) is 0. The molecule has 2 aromatic rings. The lowest BCUT2D eigenvalue weighted by Gasteiger charge is -2.10. The number of benzene rings is 1. The number of nitrogens with one attached hydrogen (secondary N) is 1. The predicted octanol–water partition coefficient (Wildman–Crippen LogP) is 2.05. The number of aromatic nitrogens is 1. The molecule has 2 rings (SSSR count). The van der Waals surface area contributed by atoms with Crippen molar-refractivity contribution in [3.8, 4) is 5.75 Å². The number of ether oxygens (including phenoxy) is 2. The van der Waals surface area contributed by atoms with Gasteiger partial charge in [0.05, 0.1) is 30.1 Å². The summed E-state index contributed by atoms with van der Waals surface area (Å²) < 4.78 is 9.84. The fraction of sp³-hybridized carbons (Fsp3) is 0.231. The Kier molecular flexibility index (Phi) is 3.80. The highest BCUT2D eigenvalue weighted by molar-refractivity contribution is 7.98. The number of aromatic amines is 1. The van der Waals surface area contributed by atoms with E-state index in [1.54, 1.807) is 24.5 Å². The van der Waals surface area contributed by atoms with Crippen LogP contribution in [0.2, 0.25) is 0 Å². The molecule has 0 fully saturated rings. The van der Waals surface area contributed by atoms with Gasteiger partial charge in [0, 0.05) is 0 Å². The van der Waals surface area contributed by atoms with Crippen LogP contribution in [0.25, 0.3) is 10.9 Å². The van der Waals surface area contributed by atoms with Gasteiger partial charge in [0.15, 0.2) is 0 Å². The number of methoxy groups -OCH3 is 2. The van der Waals surface area contributed by atoms with Gasteiger partial charge in [-0.3, -0.25) is 4.79 Å². The standard InChI is InChI=1S/C13H13NO4S/c1-17-8-6-4-5-7-9(8)11(15)10(13(16)18-2)12(14-7)19-3/h4-6H,1-3H3,(H,14,15). The third-order valence-corrected chi connectivity index (χ3v) is 3.48. The van der Waals surface area contributed by atoms with E-state index in [-0.39, 0.29) is 11.0 Å². The zero-order valence-corrected chi connectivity index (χ0v) is 11.6. The number of esters is 1. The molecule has 6 heteroatoms. The maximum absolute atomic E-state index is 12.5. The van der Waals surface area contributed by atoms with E-state index in [2.05, 4.69) is 9.72 Å². The van der Waals surface area contributed by atoms with Crippen LogP contribution in [-0.2, 0) is 4.74 Å². The van der Waals surface area contributed by atoms with Crippen molar-refractivity contribution >= 4 is 28.6 Å². The van der Waals surface area contributed by atoms with Crippen molar-refractivity contribution in [1.29, 1.82) is 0 Å². The molecule has 5 nitrogen and oxygen atoms in total. The molecule has 0 amide bonds. The Labute approximate surface area is 113 Å². The first kappa shape index (κ1) is 13.5. The quantitative estimate of drug-likeness (QED) is 0.688. The molecule has 0 spiro atoms. The Morgan fingerprint density at radius 3 is 2.63 bits per heavy atom. The number of hydrogen-bond donors (Lipinski definition) is 1. The predicted molar refractivity (Wildman–Crippen MR) is 74.2 cm³/mol. The van der Waals surface area contributed by atoms with Gasteiger partial charge in [0.2, 0.25) is 5.43 Å². The summed E-state index contributed by atoms with van der Waals surface area (Å²) in [5, 5.41) is 0.834. The highest BCUT2D eigenvalue weighted by atomic mass is 32.2. The van der Waals surface area contributed by atoms with E-state index in [9.17, 15) is 9.59 Å². The lowest BCUT2D eigenvalue weighted by Crippen LogP contribution is -2.19. The normalized spacial score (nSPS) is 10.5. The van der Waals surface area contributed by atoms with Gasteiger partial charge in [0.25, 0.3) is 0 Å². The van der Waals surface area contributed by atoms with Gasteiger partial charge >= 0.3 is 5.97 Å². The molecule has 0 aliphatic rings. The van der Waals surface area contributed by atoms with Gasteiger partial charge in [-0.05, 0) is 18.4 Å². The van der Waals surface area contributed by atoms with Crippen molar-refractivity contribution in [2.75, 3.05) is 20.5 Å². The van der Waals surface area contributed by atoms with Crippen molar-refractivity contribution in [3.05, 3.63) is 34.0 Å². The lowest BCUT2D eigenvalue weighted by atomic mass is 10.1. The fourth-order valence-corrected chi connectivity index (χ4v) is 2.49. The third-order valence-electron chi connectivity index (χ3n) is 2.77. The topological polar surface area (TPSA) is 68.4 Å². The summed E-state index contributed by atoms with van der Waals surface area (Å²) in [5.41, 5.74) is 0.246. The van der Waals surface area contributed by atoms with E-state index < -0.39 is 5.97 Å². The van der Waals surface area contributed by atoms with Crippen molar-refractivity contribution in [2.24, 2.45) is 0 Å². The van der Waals surface area contributed by atoms with Crippen LogP contribution < -0.4 is 10.2 Å². The van der Waals surface area contributed by atoms with Crippen molar-refractivity contribution < 1.29 is 14.3 Å². The molecule has 1 aromatic heterocycles. The number of rotatable bonds is 3. The third kappa shape index (κ3) is 2.19. The van der Waals surface area contributed by atoms with Gasteiger partial charge in [0.1, 0.15) is 11.3 Å². The number of thioether (sulfide) groups is 1. The minimum Gasteiger partial charge on any atom is -0.496 e. The zero-order valence-electron chi connectivity index (χ0n) is 10.8. The van der Waals surface area contributed by atoms with Gasteiger partial charge in [-0.1, -0.05) is 6.07 Å². The first-order chi connectivity index (χ1) is 9.13. The summed E-state index contributed by atoms with van der Waals surface area (Å²) in [6, 6.07) is 5.22. The summed E-state index contributed by atoms with van der Waals surface area (Å²) in [6.07, 6.45) is 1.78. The number of hydrogen-bond acceptors (Lipinski definition) is 5. The molecule has 1 N–H and O–H groups in total. The van der Waals surface area contributed by atoms with Crippen molar-refractivity contribution in [3.63, 3.8) is 0 Å². The van der Waals surface area contributed by atoms with Crippen LogP contribution in [0.15, 0.2) is 28.0 Å². The summed E-state index contributed by atoms with van der Waals surface area (Å²) in [7, 11) is 2.73. The summed E-state index contributed by atoms with van der Waals surface area (Å²) >= 11 is 1.28. The van der Waals surface area contributed by atoms with Crippen molar-refractivity contribution in [1.82, 2.24) is 4.98 Å². The molecule has 0 unspecified atom stereocenters. The van der Waals surface area contributed by atoms with E-state index in [1.807, 2.05) is 0 Å². The Morgan fingerprint density at radius 2 is 2.05 bits per heavy atom. The van der Waals surface area contributed by atoms with Gasteiger partial charge < -0.3 is 14.5 Å². The van der Waals surface area contributed by atoms with E-state index in [1.165, 1.54) is 26.0 Å². The maximum Gasteiger partial charge on any atom is 0.344 e. The number of pyridine rings is 1. The molecule has 1 aromatic carbocycles. The first-order valence-electron chi connectivity index (χ1n) is 5.49. The van der Waals surface area contributed by atoms with Crippen LogP contribution >= 0.6 is 11.8 Å². The van der Waals surface area contributed by atoms with Crippen LogP contribution in [0.4, 0.5) is 0 Å². The molecule has 0 aliphatic carbocycles. The minimum atomic E-state index is -0.654. The second-order valence-electron chi connectivity index (χ2n) is 3.74. The average molecular weight is 279 g/mol. The largest absolute Gasteiger partial charge is 0.496 e. The van der Waals surface area contributed by atoms with E-state index in [0.29, 0.717) is 21.7 Å². The Balaban J connectivity index is 2.92. The zero-order chi connectivity index (χ0) is 14.0. The first-order valence-corrected chi connectivity index (χ1v) is 6.71. The lowest BCUT2D eigenvalue weighted by molar-refractivity contribution is 0.0594. The number of H-pyrrole nitrogens is 1. The molecular weight excluding hydrogens is 266 g/mol. The number of fused-ring (bicyclic) bond motifs is 1. The molecular formula is C13H13NO4S. The molecule has 0 radical (unpaired) electrons. The van der Waals surface area contributed by atoms with Gasteiger partial charge in [-0.25, -0.2) is 4.79 Å². The van der Waals surface area contributed by atoms with Crippen LogP contribution in [-0.4, -0.2) is 31.4 Å². The second-order valence-corrected chi connectivity index (χ2v) is 4.55. The molecule has 0 bridgehead atoms. The molecule has 0 aliphatic heterocycles. The SMILES string of the molecule is COC(=O)c1c(SC)[nH]c2cccc(OC)c2c1=O. The summed E-state index contributed by atoms with van der Waals surface area (Å²) in [4.78, 5) is 27.3. The van der Waals surface area contributed by atoms with Gasteiger partial charge in [-0.2, -0.15) is 0 Å². The van der Waals surface area contributed by atoms with Gasteiger partial charge in [-0.15, -0.1) is 11.8 Å². The Bertz CT molecular complexity index is 693. The summed E-state index contributed by atoms with van der Waals surface area (Å²) in [5.74, 6) is -0.227. The van der Waals surface area contributed by atoms with Crippen LogP contribution in [0.1, 0.15) is 10.4 Å². The van der Waals surface area contributed by atoms with E-state index in [0.717, 1.165) is 0 Å². The maximum atomic E-state index is 12.5. The minimum absolute atomic E-state index is 0.00648. The monoisotopic (exact) mass is 279 g/mol. The van der Waals surface area contributed by atoms with E-state index >= 15 is 0 Å². The number of carbonyl (C=O) groups is 1. The Hall–Kier alpha value is -1.95. The molecule has 0 atom stereocenters. The Morgan fingerprint density at radius 1 is 1.32 bits per heavy atom. The van der Waals surface area contributed by atoms with E-state index in [4.69, 9.17) is 4.74 Å². The molecule has 1 heterocycles. The molecule has 19 heavy (non-hydrogen) atoms. The highest BCUT2D eigenvalue weighted by Gasteiger charge is 2.20. The highest BCUT2D eigenvalue weighted by Crippen LogP contribution is 2.25. The fourth-order valence-electron chi connectivity index (χ4n) is 1.89. The van der Waals surface area contributed by atoms with Crippen molar-refractivity contribution in [2.45, 2.75) is 5.03 Å².